The van der Waals surface area contributed by atoms with E-state index in [0.717, 1.165) is 6.07 Å². The molecule has 1 amide bonds. The molecular formula is C16H17N3O6S. The Morgan fingerprint density at radius 3 is 2.58 bits per heavy atom. The molecule has 0 saturated heterocycles. The number of hydrogen-bond acceptors (Lipinski definition) is 6. The van der Waals surface area contributed by atoms with Crippen LogP contribution in [0.2, 0.25) is 0 Å². The van der Waals surface area contributed by atoms with E-state index in [4.69, 9.17) is 4.74 Å². The third kappa shape index (κ3) is 4.48. The third-order valence-electron chi connectivity index (χ3n) is 3.39. The van der Waals surface area contributed by atoms with Gasteiger partial charge in [-0.2, -0.15) is 0 Å². The molecule has 0 spiro atoms. The average molecular weight is 379 g/mol. The highest BCUT2D eigenvalue weighted by Gasteiger charge is 2.18. The van der Waals surface area contributed by atoms with Crippen LogP contribution in [0.4, 0.5) is 17.1 Å². The maximum Gasteiger partial charge on any atom is 0.271 e. The first-order valence-corrected chi connectivity index (χ1v) is 9.00. The van der Waals surface area contributed by atoms with Crippen molar-refractivity contribution < 1.29 is 22.9 Å². The summed E-state index contributed by atoms with van der Waals surface area (Å²) < 4.78 is 32.5. The van der Waals surface area contributed by atoms with Crippen LogP contribution >= 0.6 is 0 Å². The summed E-state index contributed by atoms with van der Waals surface area (Å²) in [5.74, 6) is 0.00518. The number of hydrogen-bond donors (Lipinski definition) is 2. The highest BCUT2D eigenvalue weighted by Crippen LogP contribution is 2.29. The number of benzene rings is 2. The van der Waals surface area contributed by atoms with E-state index in [2.05, 4.69) is 10.0 Å². The van der Waals surface area contributed by atoms with Crippen LogP contribution in [0.25, 0.3) is 0 Å². The highest BCUT2D eigenvalue weighted by atomic mass is 32.2. The molecular weight excluding hydrogens is 362 g/mol. The zero-order valence-electron chi connectivity index (χ0n) is 14.1. The maximum absolute atomic E-state index is 12.6. The lowest BCUT2D eigenvalue weighted by Gasteiger charge is -2.13. The standard InChI is InChI=1S/C16H17N3O6S/c1-3-16(20)17-14-10-13(7-8-15(14)25-2)26(23,24)18-11-5-4-6-12(9-11)19(21)22/h4-10,18H,3H2,1-2H3,(H,17,20). The summed E-state index contributed by atoms with van der Waals surface area (Å²) in [5, 5.41) is 13.4. The number of ether oxygens (including phenoxy) is 1. The van der Waals surface area contributed by atoms with Gasteiger partial charge < -0.3 is 10.1 Å². The van der Waals surface area contributed by atoms with Crippen LogP contribution in [0.15, 0.2) is 47.4 Å². The summed E-state index contributed by atoms with van der Waals surface area (Å²) in [6.45, 7) is 1.66. The molecule has 9 nitrogen and oxygen atoms in total. The summed E-state index contributed by atoms with van der Waals surface area (Å²) in [5.41, 5.74) is 0.0197. The number of methoxy groups -OCH3 is 1. The molecule has 0 fully saturated rings. The molecule has 2 aromatic rings. The molecule has 0 bridgehead atoms. The fourth-order valence-electron chi connectivity index (χ4n) is 2.09. The fraction of sp³-hybridized carbons (Fsp3) is 0.188. The van der Waals surface area contributed by atoms with Crippen molar-refractivity contribution in [1.82, 2.24) is 0 Å². The lowest BCUT2D eigenvalue weighted by Crippen LogP contribution is -2.15. The predicted octanol–water partition coefficient (Wildman–Crippen LogP) is 2.75. The van der Waals surface area contributed by atoms with E-state index in [0.29, 0.717) is 5.75 Å². The predicted molar refractivity (Wildman–Crippen MR) is 95.8 cm³/mol. The van der Waals surface area contributed by atoms with Crippen molar-refractivity contribution in [2.24, 2.45) is 0 Å². The number of carbonyl (C=O) groups is 1. The molecule has 0 saturated carbocycles. The molecule has 2 N–H and O–H groups in total. The zero-order chi connectivity index (χ0) is 19.3. The van der Waals surface area contributed by atoms with Gasteiger partial charge in [-0.3, -0.25) is 19.6 Å². The van der Waals surface area contributed by atoms with Gasteiger partial charge in [0.25, 0.3) is 15.7 Å². The molecule has 26 heavy (non-hydrogen) atoms. The summed E-state index contributed by atoms with van der Waals surface area (Å²) in [6, 6.07) is 9.11. The van der Waals surface area contributed by atoms with Crippen molar-refractivity contribution in [3.63, 3.8) is 0 Å². The lowest BCUT2D eigenvalue weighted by atomic mass is 10.3. The fourth-order valence-corrected chi connectivity index (χ4v) is 3.16. The van der Waals surface area contributed by atoms with Gasteiger partial charge in [0, 0.05) is 18.6 Å². The molecule has 0 aliphatic rings. The van der Waals surface area contributed by atoms with Crippen LogP contribution in [-0.4, -0.2) is 26.4 Å². The van der Waals surface area contributed by atoms with Crippen molar-refractivity contribution in [3.05, 3.63) is 52.6 Å². The van der Waals surface area contributed by atoms with Crippen LogP contribution in [0.5, 0.6) is 5.75 Å². The van der Waals surface area contributed by atoms with E-state index < -0.39 is 14.9 Å². The maximum atomic E-state index is 12.6. The first kappa shape index (κ1) is 19.2. The largest absolute Gasteiger partial charge is 0.495 e. The molecule has 2 aromatic carbocycles. The Morgan fingerprint density at radius 1 is 1.23 bits per heavy atom. The Hall–Kier alpha value is -3.14. The van der Waals surface area contributed by atoms with Crippen LogP contribution in [0, 0.1) is 10.1 Å². The van der Waals surface area contributed by atoms with Gasteiger partial charge in [-0.15, -0.1) is 0 Å². The van der Waals surface area contributed by atoms with E-state index in [1.165, 1.54) is 43.5 Å². The quantitative estimate of drug-likeness (QED) is 0.562. The number of sulfonamides is 1. The minimum atomic E-state index is -4.03. The van der Waals surface area contributed by atoms with Crippen molar-refractivity contribution >= 4 is 33.0 Å². The average Bonchev–Trinajstić information content (AvgIpc) is 2.61. The normalized spacial score (nSPS) is 10.8. The Balaban J connectivity index is 2.36. The van der Waals surface area contributed by atoms with Crippen molar-refractivity contribution in [2.45, 2.75) is 18.2 Å². The monoisotopic (exact) mass is 379 g/mol. The number of rotatable bonds is 7. The number of nitrogens with one attached hydrogen (secondary N) is 2. The molecule has 0 unspecified atom stereocenters. The number of nitro benzene ring substituents is 1. The molecule has 0 aromatic heterocycles. The van der Waals surface area contributed by atoms with Crippen molar-refractivity contribution in [2.75, 3.05) is 17.1 Å². The molecule has 0 atom stereocenters. The second-order valence-corrected chi connectivity index (χ2v) is 6.86. The minimum absolute atomic E-state index is 0.0501. The third-order valence-corrected chi connectivity index (χ3v) is 4.76. The summed E-state index contributed by atoms with van der Waals surface area (Å²) in [7, 11) is -2.63. The number of anilines is 2. The second-order valence-electron chi connectivity index (χ2n) is 5.18. The van der Waals surface area contributed by atoms with Crippen LogP contribution in [0.3, 0.4) is 0 Å². The molecule has 0 heterocycles. The van der Waals surface area contributed by atoms with Crippen LogP contribution < -0.4 is 14.8 Å². The zero-order valence-corrected chi connectivity index (χ0v) is 14.9. The van der Waals surface area contributed by atoms with Gasteiger partial charge in [0.15, 0.2) is 0 Å². The molecule has 10 heteroatoms. The van der Waals surface area contributed by atoms with Gasteiger partial charge in [-0.1, -0.05) is 13.0 Å². The molecule has 0 aliphatic carbocycles. The van der Waals surface area contributed by atoms with E-state index in [1.807, 2.05) is 0 Å². The van der Waals surface area contributed by atoms with Gasteiger partial charge in [-0.25, -0.2) is 8.42 Å². The SMILES string of the molecule is CCC(=O)Nc1cc(S(=O)(=O)Nc2cccc([N+](=O)[O-])c2)ccc1OC. The Kier molecular flexibility index (Phi) is 5.78. The highest BCUT2D eigenvalue weighted by molar-refractivity contribution is 7.92. The topological polar surface area (TPSA) is 128 Å². The summed E-state index contributed by atoms with van der Waals surface area (Å²) >= 11 is 0. The number of nitrogens with zero attached hydrogens (tertiary/aromatic N) is 1. The Bertz CT molecular complexity index is 943. The first-order valence-electron chi connectivity index (χ1n) is 7.52. The summed E-state index contributed by atoms with van der Waals surface area (Å²) in [6.07, 6.45) is 0.214. The van der Waals surface area contributed by atoms with Crippen molar-refractivity contribution in [1.29, 1.82) is 0 Å². The van der Waals surface area contributed by atoms with Gasteiger partial charge in [0.2, 0.25) is 5.91 Å². The van der Waals surface area contributed by atoms with Crippen molar-refractivity contribution in [3.8, 4) is 5.75 Å². The molecule has 0 aliphatic heterocycles. The lowest BCUT2D eigenvalue weighted by molar-refractivity contribution is -0.384. The Labute approximate surface area is 150 Å². The van der Waals surface area contributed by atoms with Gasteiger partial charge in [0.1, 0.15) is 5.75 Å². The number of non-ortho nitro benzene ring substituents is 1. The van der Waals surface area contributed by atoms with E-state index >= 15 is 0 Å². The van der Waals surface area contributed by atoms with E-state index in [-0.39, 0.29) is 34.3 Å². The van der Waals surface area contributed by atoms with Gasteiger partial charge in [0.05, 0.1) is 28.3 Å². The minimum Gasteiger partial charge on any atom is -0.495 e. The molecule has 2 rings (SSSR count). The number of nitro groups is 1. The smallest absolute Gasteiger partial charge is 0.271 e. The number of carbonyl (C=O) groups excluding carboxylic acids is 1. The number of amides is 1. The molecule has 138 valence electrons. The van der Waals surface area contributed by atoms with Gasteiger partial charge in [-0.05, 0) is 24.3 Å². The molecule has 0 radical (unpaired) electrons. The first-order chi connectivity index (χ1) is 12.3. The second kappa shape index (κ2) is 7.83. The van der Waals surface area contributed by atoms with Crippen LogP contribution in [-0.2, 0) is 14.8 Å². The van der Waals surface area contributed by atoms with E-state index in [9.17, 15) is 23.3 Å². The van der Waals surface area contributed by atoms with E-state index in [1.54, 1.807) is 6.92 Å². The summed E-state index contributed by atoms with van der Waals surface area (Å²) in [4.78, 5) is 21.7. The van der Waals surface area contributed by atoms with Crippen LogP contribution in [0.1, 0.15) is 13.3 Å². The van der Waals surface area contributed by atoms with Gasteiger partial charge >= 0.3 is 0 Å². The Morgan fingerprint density at radius 2 is 1.96 bits per heavy atom.